The SMILES string of the molecule is Cc1ccc2occ(CC(=O)Nc3ccc(NC(=O)CCN(C)C)cc3)c2c1. The maximum atomic E-state index is 12.4. The lowest BCUT2D eigenvalue weighted by atomic mass is 10.1. The van der Waals surface area contributed by atoms with E-state index < -0.39 is 0 Å². The molecule has 3 aromatic rings. The van der Waals surface area contributed by atoms with E-state index in [1.165, 1.54) is 0 Å². The van der Waals surface area contributed by atoms with E-state index in [0.717, 1.165) is 22.1 Å². The molecule has 0 spiro atoms. The second-order valence-corrected chi connectivity index (χ2v) is 7.16. The van der Waals surface area contributed by atoms with Crippen LogP contribution in [0.5, 0.6) is 0 Å². The standard InChI is InChI=1S/C22H25N3O3/c1-15-4-9-20-19(12-15)16(14-28-20)13-22(27)24-18-7-5-17(6-8-18)23-21(26)10-11-25(2)3/h4-9,12,14H,10-11,13H2,1-3H3,(H,23,26)(H,24,27). The van der Waals surface area contributed by atoms with E-state index in [1.54, 1.807) is 30.5 Å². The van der Waals surface area contributed by atoms with Crippen molar-refractivity contribution in [1.29, 1.82) is 0 Å². The first-order valence-electron chi connectivity index (χ1n) is 9.22. The molecule has 0 atom stereocenters. The van der Waals surface area contributed by atoms with Gasteiger partial charge in [-0.15, -0.1) is 0 Å². The maximum absolute atomic E-state index is 12.4. The number of furan rings is 1. The van der Waals surface area contributed by atoms with Gasteiger partial charge in [-0.3, -0.25) is 9.59 Å². The van der Waals surface area contributed by atoms with Gasteiger partial charge in [-0.25, -0.2) is 0 Å². The second-order valence-electron chi connectivity index (χ2n) is 7.16. The van der Waals surface area contributed by atoms with Crippen molar-refractivity contribution in [3.8, 4) is 0 Å². The average molecular weight is 379 g/mol. The first kappa shape index (κ1) is 19.6. The molecule has 28 heavy (non-hydrogen) atoms. The summed E-state index contributed by atoms with van der Waals surface area (Å²) in [4.78, 5) is 26.2. The Balaban J connectivity index is 1.57. The smallest absolute Gasteiger partial charge is 0.228 e. The molecule has 0 unspecified atom stereocenters. The average Bonchev–Trinajstić information content (AvgIpc) is 3.03. The molecule has 0 aliphatic carbocycles. The van der Waals surface area contributed by atoms with E-state index in [-0.39, 0.29) is 18.2 Å². The summed E-state index contributed by atoms with van der Waals surface area (Å²) < 4.78 is 5.52. The summed E-state index contributed by atoms with van der Waals surface area (Å²) in [6, 6.07) is 13.0. The molecule has 1 aromatic heterocycles. The van der Waals surface area contributed by atoms with Crippen LogP contribution in [0.2, 0.25) is 0 Å². The van der Waals surface area contributed by atoms with Crippen molar-refractivity contribution in [2.24, 2.45) is 0 Å². The van der Waals surface area contributed by atoms with Gasteiger partial charge >= 0.3 is 0 Å². The number of hydrogen-bond acceptors (Lipinski definition) is 4. The minimum Gasteiger partial charge on any atom is -0.464 e. The Hall–Kier alpha value is -3.12. The van der Waals surface area contributed by atoms with Gasteiger partial charge in [-0.2, -0.15) is 0 Å². The number of aryl methyl sites for hydroxylation is 1. The van der Waals surface area contributed by atoms with Crippen molar-refractivity contribution < 1.29 is 14.0 Å². The predicted molar refractivity (Wildman–Crippen MR) is 112 cm³/mol. The Morgan fingerprint density at radius 3 is 2.25 bits per heavy atom. The lowest BCUT2D eigenvalue weighted by molar-refractivity contribution is -0.116. The summed E-state index contributed by atoms with van der Waals surface area (Å²) in [7, 11) is 3.86. The number of amides is 2. The van der Waals surface area contributed by atoms with Crippen molar-refractivity contribution in [2.75, 3.05) is 31.3 Å². The molecule has 0 aliphatic rings. The quantitative estimate of drug-likeness (QED) is 0.655. The number of carbonyl (C=O) groups is 2. The zero-order valence-electron chi connectivity index (χ0n) is 16.4. The van der Waals surface area contributed by atoms with Gasteiger partial charge < -0.3 is 20.0 Å². The molecule has 0 aliphatic heterocycles. The van der Waals surface area contributed by atoms with Crippen LogP contribution in [0.25, 0.3) is 11.0 Å². The lowest BCUT2D eigenvalue weighted by Crippen LogP contribution is -2.20. The van der Waals surface area contributed by atoms with Crippen molar-refractivity contribution in [3.05, 3.63) is 59.9 Å². The van der Waals surface area contributed by atoms with Gasteiger partial charge in [0.25, 0.3) is 0 Å². The van der Waals surface area contributed by atoms with Crippen LogP contribution in [0.15, 0.2) is 53.1 Å². The summed E-state index contributed by atoms with van der Waals surface area (Å²) in [6.45, 7) is 2.71. The van der Waals surface area contributed by atoms with Gasteiger partial charge in [-0.05, 0) is 57.4 Å². The largest absolute Gasteiger partial charge is 0.464 e. The Morgan fingerprint density at radius 1 is 0.964 bits per heavy atom. The van der Waals surface area contributed by atoms with Crippen LogP contribution in [0, 0.1) is 6.92 Å². The van der Waals surface area contributed by atoms with Crippen LogP contribution in [0.4, 0.5) is 11.4 Å². The number of carbonyl (C=O) groups excluding carboxylic acids is 2. The Bertz CT molecular complexity index is 974. The monoisotopic (exact) mass is 379 g/mol. The second kappa shape index (κ2) is 8.71. The van der Waals surface area contributed by atoms with Gasteiger partial charge in [0.1, 0.15) is 5.58 Å². The van der Waals surface area contributed by atoms with E-state index >= 15 is 0 Å². The van der Waals surface area contributed by atoms with Crippen LogP contribution < -0.4 is 10.6 Å². The molecular formula is C22H25N3O3. The summed E-state index contributed by atoms with van der Waals surface area (Å²) >= 11 is 0. The fourth-order valence-electron chi connectivity index (χ4n) is 2.90. The van der Waals surface area contributed by atoms with E-state index in [0.29, 0.717) is 24.3 Å². The highest BCUT2D eigenvalue weighted by atomic mass is 16.3. The van der Waals surface area contributed by atoms with Gasteiger partial charge in [0.2, 0.25) is 11.8 Å². The zero-order valence-corrected chi connectivity index (χ0v) is 16.4. The van der Waals surface area contributed by atoms with Gasteiger partial charge in [0.05, 0.1) is 12.7 Å². The summed E-state index contributed by atoms with van der Waals surface area (Å²) in [5, 5.41) is 6.69. The maximum Gasteiger partial charge on any atom is 0.228 e. The third-order valence-electron chi connectivity index (χ3n) is 4.40. The number of anilines is 2. The highest BCUT2D eigenvalue weighted by Gasteiger charge is 2.11. The highest BCUT2D eigenvalue weighted by molar-refractivity contribution is 5.96. The van der Waals surface area contributed by atoms with Crippen LogP contribution in [-0.2, 0) is 16.0 Å². The number of nitrogens with one attached hydrogen (secondary N) is 2. The van der Waals surface area contributed by atoms with Crippen LogP contribution in [-0.4, -0.2) is 37.4 Å². The van der Waals surface area contributed by atoms with Crippen LogP contribution in [0.1, 0.15) is 17.5 Å². The first-order valence-corrected chi connectivity index (χ1v) is 9.22. The molecule has 6 heteroatoms. The third-order valence-corrected chi connectivity index (χ3v) is 4.40. The Kier molecular flexibility index (Phi) is 6.11. The molecule has 0 fully saturated rings. The predicted octanol–water partition coefficient (Wildman–Crippen LogP) is 3.81. The molecular weight excluding hydrogens is 354 g/mol. The zero-order chi connectivity index (χ0) is 20.1. The van der Waals surface area contributed by atoms with Crippen molar-refractivity contribution in [2.45, 2.75) is 19.8 Å². The van der Waals surface area contributed by atoms with E-state index in [2.05, 4.69) is 10.6 Å². The highest BCUT2D eigenvalue weighted by Crippen LogP contribution is 2.23. The van der Waals surface area contributed by atoms with Gasteiger partial charge in [0, 0.05) is 35.3 Å². The normalized spacial score (nSPS) is 11.0. The van der Waals surface area contributed by atoms with Crippen LogP contribution >= 0.6 is 0 Å². The molecule has 0 saturated carbocycles. The van der Waals surface area contributed by atoms with Crippen LogP contribution in [0.3, 0.4) is 0 Å². The Labute approximate surface area is 164 Å². The van der Waals surface area contributed by atoms with Crippen molar-refractivity contribution in [1.82, 2.24) is 4.90 Å². The fraction of sp³-hybridized carbons (Fsp3) is 0.273. The summed E-state index contributed by atoms with van der Waals surface area (Å²) in [5.74, 6) is -0.153. The fourth-order valence-corrected chi connectivity index (χ4v) is 2.90. The molecule has 2 amide bonds. The lowest BCUT2D eigenvalue weighted by Gasteiger charge is -2.10. The molecule has 1 heterocycles. The van der Waals surface area contributed by atoms with Gasteiger partial charge in [0.15, 0.2) is 0 Å². The number of rotatable bonds is 7. The molecule has 0 saturated heterocycles. The van der Waals surface area contributed by atoms with E-state index in [9.17, 15) is 9.59 Å². The summed E-state index contributed by atoms with van der Waals surface area (Å²) in [6.07, 6.45) is 2.30. The van der Waals surface area contributed by atoms with Crippen molar-refractivity contribution >= 4 is 34.2 Å². The first-order chi connectivity index (χ1) is 13.4. The van der Waals surface area contributed by atoms with E-state index in [1.807, 2.05) is 44.1 Å². The molecule has 6 nitrogen and oxygen atoms in total. The van der Waals surface area contributed by atoms with E-state index in [4.69, 9.17) is 4.42 Å². The number of benzene rings is 2. The Morgan fingerprint density at radius 2 is 1.61 bits per heavy atom. The molecule has 0 radical (unpaired) electrons. The molecule has 3 rings (SSSR count). The third kappa shape index (κ3) is 5.20. The number of fused-ring (bicyclic) bond motifs is 1. The van der Waals surface area contributed by atoms with Gasteiger partial charge in [-0.1, -0.05) is 11.6 Å². The molecule has 2 N–H and O–H groups in total. The summed E-state index contributed by atoms with van der Waals surface area (Å²) in [5.41, 5.74) is 4.15. The minimum absolute atomic E-state index is 0.0346. The number of hydrogen-bond donors (Lipinski definition) is 2. The molecule has 2 aromatic carbocycles. The molecule has 146 valence electrons. The molecule has 0 bridgehead atoms. The van der Waals surface area contributed by atoms with Crippen molar-refractivity contribution in [3.63, 3.8) is 0 Å². The topological polar surface area (TPSA) is 74.6 Å². The minimum atomic E-state index is -0.119. The number of nitrogens with zero attached hydrogens (tertiary/aromatic N) is 1.